The van der Waals surface area contributed by atoms with Crippen LogP contribution in [0.25, 0.3) is 5.69 Å². The summed E-state index contributed by atoms with van der Waals surface area (Å²) in [5.41, 5.74) is 1.07. The molecule has 3 rings (SSSR count). The van der Waals surface area contributed by atoms with Crippen molar-refractivity contribution in [3.8, 4) is 11.8 Å². The Morgan fingerprint density at radius 1 is 1.34 bits per heavy atom. The van der Waals surface area contributed by atoms with Crippen LogP contribution in [-0.2, 0) is 22.6 Å². The molecule has 0 aliphatic heterocycles. The zero-order valence-corrected chi connectivity index (χ0v) is 16.1. The second-order valence-electron chi connectivity index (χ2n) is 5.85. The van der Waals surface area contributed by atoms with Crippen molar-refractivity contribution in [1.82, 2.24) is 9.78 Å². The molecule has 0 aliphatic rings. The number of nitrogens with one attached hydrogen (secondary N) is 1. The van der Waals surface area contributed by atoms with Gasteiger partial charge in [-0.25, -0.2) is 13.5 Å². The van der Waals surface area contributed by atoms with E-state index in [0.29, 0.717) is 11.3 Å². The molecule has 2 aromatic carbocycles. The maximum atomic E-state index is 13.4. The molecule has 148 valence electrons. The molecule has 0 fully saturated rings. The van der Waals surface area contributed by atoms with Crippen molar-refractivity contribution in [2.24, 2.45) is 5.14 Å². The van der Waals surface area contributed by atoms with Crippen LogP contribution in [0.5, 0.6) is 0 Å². The number of nitrogens with zero attached hydrogens (tertiary/aromatic N) is 3. The van der Waals surface area contributed by atoms with Gasteiger partial charge in [-0.3, -0.25) is 4.79 Å². The molecule has 11 heteroatoms. The number of halogens is 3. The van der Waals surface area contributed by atoms with Crippen LogP contribution in [0, 0.1) is 23.0 Å². The standard InChI is InChI=1S/C18H12ClF2N5O2S/c19-13-6-15(21)14(20)3-11(13)4-18(27)25-12-1-2-16(17(5-12)29(23)28)26-9-10(7-22)8-24-26/h1-3,5-6,8-9H,4,23H2,(H,25,27). The lowest BCUT2D eigenvalue weighted by Gasteiger charge is -2.12. The van der Waals surface area contributed by atoms with Crippen LogP contribution in [0.4, 0.5) is 14.5 Å². The second kappa shape index (κ2) is 8.59. The number of carbonyl (C=O) groups is 1. The Kier molecular flexibility index (Phi) is 6.14. The van der Waals surface area contributed by atoms with E-state index in [1.807, 2.05) is 6.07 Å². The fourth-order valence-corrected chi connectivity index (χ4v) is 3.36. The summed E-state index contributed by atoms with van der Waals surface area (Å²) in [5, 5.41) is 20.9. The molecule has 1 aromatic heterocycles. The van der Waals surface area contributed by atoms with Crippen LogP contribution >= 0.6 is 11.6 Å². The van der Waals surface area contributed by atoms with Crippen LogP contribution in [0.3, 0.4) is 0 Å². The number of anilines is 1. The van der Waals surface area contributed by atoms with Crippen molar-refractivity contribution in [1.29, 1.82) is 5.26 Å². The fraction of sp³-hybridized carbons (Fsp3) is 0.0556. The molecule has 1 amide bonds. The number of amides is 1. The summed E-state index contributed by atoms with van der Waals surface area (Å²) in [6.07, 6.45) is 2.48. The quantitative estimate of drug-likeness (QED) is 0.471. The van der Waals surface area contributed by atoms with Crippen molar-refractivity contribution in [3.63, 3.8) is 0 Å². The fourth-order valence-electron chi connectivity index (χ4n) is 2.53. The summed E-state index contributed by atoms with van der Waals surface area (Å²) in [7, 11) is 0. The highest BCUT2D eigenvalue weighted by atomic mass is 35.5. The molecule has 0 saturated heterocycles. The van der Waals surface area contributed by atoms with Crippen LogP contribution in [0.15, 0.2) is 47.6 Å². The molecule has 7 nitrogen and oxygen atoms in total. The van der Waals surface area contributed by atoms with E-state index in [9.17, 15) is 18.1 Å². The summed E-state index contributed by atoms with van der Waals surface area (Å²) in [6, 6.07) is 8.01. The molecule has 1 unspecified atom stereocenters. The van der Waals surface area contributed by atoms with Crippen LogP contribution in [-0.4, -0.2) is 20.2 Å². The maximum Gasteiger partial charge on any atom is 0.228 e. The van der Waals surface area contributed by atoms with E-state index in [4.69, 9.17) is 22.0 Å². The predicted octanol–water partition coefficient (Wildman–Crippen LogP) is 2.84. The van der Waals surface area contributed by atoms with E-state index in [0.717, 1.165) is 12.1 Å². The van der Waals surface area contributed by atoms with Gasteiger partial charge in [-0.2, -0.15) is 10.4 Å². The first-order valence-corrected chi connectivity index (χ1v) is 9.56. The molecule has 0 saturated carbocycles. The summed E-state index contributed by atoms with van der Waals surface area (Å²) in [6.45, 7) is 0. The zero-order chi connectivity index (χ0) is 21.1. The van der Waals surface area contributed by atoms with E-state index in [-0.39, 0.29) is 27.6 Å². The molecule has 1 heterocycles. The number of hydrogen-bond acceptors (Lipinski definition) is 5. The molecule has 3 aromatic rings. The average Bonchev–Trinajstić information content (AvgIpc) is 3.15. The number of hydrogen-bond donors (Lipinski definition) is 2. The SMILES string of the molecule is N#Cc1cnn(-c2ccc(NC(=O)Cc3cc(F)c(F)cc3Cl)cc2[S+](N)[O-])c1. The monoisotopic (exact) mass is 435 g/mol. The Bertz CT molecular complexity index is 1130. The third kappa shape index (κ3) is 4.72. The Labute approximate surface area is 172 Å². The highest BCUT2D eigenvalue weighted by Crippen LogP contribution is 2.24. The molecule has 29 heavy (non-hydrogen) atoms. The number of carbonyl (C=O) groups excluding carboxylic acids is 1. The summed E-state index contributed by atoms with van der Waals surface area (Å²) >= 11 is 3.93. The van der Waals surface area contributed by atoms with Gasteiger partial charge in [-0.05, 0) is 29.8 Å². The summed E-state index contributed by atoms with van der Waals surface area (Å²) < 4.78 is 39.8. The highest BCUT2D eigenvalue weighted by molar-refractivity contribution is 7.89. The van der Waals surface area contributed by atoms with Gasteiger partial charge in [0.15, 0.2) is 11.6 Å². The van der Waals surface area contributed by atoms with Crippen molar-refractivity contribution in [3.05, 3.63) is 70.5 Å². The summed E-state index contributed by atoms with van der Waals surface area (Å²) in [5.74, 6) is -2.77. The van der Waals surface area contributed by atoms with Crippen molar-refractivity contribution in [2.75, 3.05) is 5.32 Å². The smallest absolute Gasteiger partial charge is 0.228 e. The zero-order valence-electron chi connectivity index (χ0n) is 14.5. The van der Waals surface area contributed by atoms with E-state index >= 15 is 0 Å². The minimum atomic E-state index is -1.91. The predicted molar refractivity (Wildman–Crippen MR) is 103 cm³/mol. The van der Waals surface area contributed by atoms with Crippen molar-refractivity contribution in [2.45, 2.75) is 11.3 Å². The Hall–Kier alpha value is -2.97. The maximum absolute atomic E-state index is 13.4. The van der Waals surface area contributed by atoms with Gasteiger partial charge in [-0.1, -0.05) is 11.6 Å². The Balaban J connectivity index is 1.82. The first kappa shape index (κ1) is 20.8. The van der Waals surface area contributed by atoms with Crippen LogP contribution in [0.2, 0.25) is 5.02 Å². The van der Waals surface area contributed by atoms with Crippen LogP contribution < -0.4 is 10.5 Å². The minimum Gasteiger partial charge on any atom is -0.593 e. The van der Waals surface area contributed by atoms with E-state index < -0.39 is 28.9 Å². The van der Waals surface area contributed by atoms with E-state index in [2.05, 4.69) is 10.4 Å². The molecular weight excluding hydrogens is 424 g/mol. The third-order valence-corrected chi connectivity index (χ3v) is 4.97. The first-order chi connectivity index (χ1) is 13.8. The van der Waals surface area contributed by atoms with Gasteiger partial charge < -0.3 is 9.87 Å². The van der Waals surface area contributed by atoms with Crippen molar-refractivity contribution >= 4 is 34.6 Å². The van der Waals surface area contributed by atoms with E-state index in [1.54, 1.807) is 0 Å². The molecule has 0 spiro atoms. The molecule has 3 N–H and O–H groups in total. The molecule has 0 bridgehead atoms. The minimum absolute atomic E-state index is 0.0786. The van der Waals surface area contributed by atoms with Gasteiger partial charge in [0, 0.05) is 23.0 Å². The molecular formula is C18H12ClF2N5O2S. The number of aromatic nitrogens is 2. The lowest BCUT2D eigenvalue weighted by molar-refractivity contribution is -0.115. The number of rotatable bonds is 5. The normalized spacial score (nSPS) is 11.7. The van der Waals surface area contributed by atoms with Gasteiger partial charge in [-0.15, -0.1) is 5.14 Å². The lowest BCUT2D eigenvalue weighted by atomic mass is 10.1. The van der Waals surface area contributed by atoms with Gasteiger partial charge in [0.25, 0.3) is 0 Å². The highest BCUT2D eigenvalue weighted by Gasteiger charge is 2.18. The topological polar surface area (TPSA) is 120 Å². The van der Waals surface area contributed by atoms with Gasteiger partial charge >= 0.3 is 0 Å². The number of nitriles is 1. The second-order valence-corrected chi connectivity index (χ2v) is 7.29. The number of benzene rings is 2. The average molecular weight is 436 g/mol. The third-order valence-electron chi connectivity index (χ3n) is 3.86. The summed E-state index contributed by atoms with van der Waals surface area (Å²) in [4.78, 5) is 12.4. The Morgan fingerprint density at radius 2 is 2.07 bits per heavy atom. The first-order valence-electron chi connectivity index (χ1n) is 7.97. The van der Waals surface area contributed by atoms with Gasteiger partial charge in [0.2, 0.25) is 10.8 Å². The molecule has 1 atom stereocenters. The Morgan fingerprint density at radius 3 is 2.72 bits per heavy atom. The van der Waals surface area contributed by atoms with E-state index in [1.165, 1.54) is 35.3 Å². The van der Waals surface area contributed by atoms with Gasteiger partial charge in [0.05, 0.1) is 29.5 Å². The molecule has 0 radical (unpaired) electrons. The largest absolute Gasteiger partial charge is 0.593 e. The number of nitrogens with two attached hydrogens (primary N) is 1. The lowest BCUT2D eigenvalue weighted by Crippen LogP contribution is -2.18. The molecule has 0 aliphatic carbocycles. The van der Waals surface area contributed by atoms with Gasteiger partial charge in [0.1, 0.15) is 11.8 Å². The van der Waals surface area contributed by atoms with Crippen LogP contribution in [0.1, 0.15) is 11.1 Å². The van der Waals surface area contributed by atoms with Crippen molar-refractivity contribution < 1.29 is 18.1 Å².